The van der Waals surface area contributed by atoms with E-state index in [-0.39, 0.29) is 11.7 Å². The van der Waals surface area contributed by atoms with Gasteiger partial charge in [-0.15, -0.1) is 0 Å². The lowest BCUT2D eigenvalue weighted by molar-refractivity contribution is 0.356. The van der Waals surface area contributed by atoms with E-state index < -0.39 is 0 Å². The van der Waals surface area contributed by atoms with Crippen LogP contribution in [0.4, 0.5) is 0 Å². The van der Waals surface area contributed by atoms with E-state index >= 15 is 0 Å². The zero-order valence-electron chi connectivity index (χ0n) is 21.8. The fraction of sp³-hybridized carbons (Fsp3) is 0.438. The third-order valence-corrected chi connectivity index (χ3v) is 8.38. The van der Waals surface area contributed by atoms with Gasteiger partial charge in [0, 0.05) is 22.3 Å². The number of furan rings is 1. The molecule has 0 atom stereocenters. The summed E-state index contributed by atoms with van der Waals surface area (Å²) < 4.78 is 6.31. The van der Waals surface area contributed by atoms with Crippen molar-refractivity contribution in [2.24, 2.45) is 23.3 Å². The van der Waals surface area contributed by atoms with Crippen LogP contribution in [0.15, 0.2) is 52.9 Å². The number of amidine groups is 2. The zero-order valence-corrected chi connectivity index (χ0v) is 21.8. The Kier molecular flexibility index (Phi) is 7.78. The third-order valence-electron chi connectivity index (χ3n) is 8.38. The summed E-state index contributed by atoms with van der Waals surface area (Å²) in [5.41, 5.74) is 17.6. The zero-order chi connectivity index (χ0) is 25.8. The lowest BCUT2D eigenvalue weighted by atomic mass is 9.84. The Morgan fingerprint density at radius 1 is 0.622 bits per heavy atom. The van der Waals surface area contributed by atoms with Crippen molar-refractivity contribution < 1.29 is 4.42 Å². The van der Waals surface area contributed by atoms with Gasteiger partial charge in [0.05, 0.1) is 0 Å². The van der Waals surface area contributed by atoms with E-state index in [2.05, 4.69) is 24.3 Å². The molecular weight excluding hydrogens is 456 g/mol. The average Bonchev–Trinajstić information content (AvgIpc) is 3.40. The molecule has 0 unspecified atom stereocenters. The van der Waals surface area contributed by atoms with Gasteiger partial charge in [-0.25, -0.2) is 0 Å². The normalized spacial score (nSPS) is 17.1. The number of rotatable bonds is 8. The first-order valence-corrected chi connectivity index (χ1v) is 14.0. The van der Waals surface area contributed by atoms with Crippen molar-refractivity contribution in [1.82, 2.24) is 0 Å². The van der Waals surface area contributed by atoms with Crippen LogP contribution in [0, 0.1) is 22.7 Å². The molecule has 0 amide bonds. The topological polar surface area (TPSA) is 113 Å². The van der Waals surface area contributed by atoms with Gasteiger partial charge in [0.25, 0.3) is 0 Å². The van der Waals surface area contributed by atoms with E-state index in [1.807, 2.05) is 24.3 Å². The van der Waals surface area contributed by atoms with E-state index in [1.165, 1.54) is 75.3 Å². The van der Waals surface area contributed by atoms with Crippen LogP contribution in [-0.4, -0.2) is 11.7 Å². The predicted octanol–water partition coefficient (Wildman–Crippen LogP) is 7.43. The van der Waals surface area contributed by atoms with Gasteiger partial charge in [0.15, 0.2) is 0 Å². The van der Waals surface area contributed by atoms with Crippen LogP contribution < -0.4 is 11.5 Å². The minimum Gasteiger partial charge on any atom is -0.456 e. The summed E-state index contributed by atoms with van der Waals surface area (Å²) in [7, 11) is 0. The van der Waals surface area contributed by atoms with Crippen molar-refractivity contribution >= 4 is 11.7 Å². The summed E-state index contributed by atoms with van der Waals surface area (Å²) in [4.78, 5) is 0. The number of nitrogens with one attached hydrogen (secondary N) is 2. The average molecular weight is 497 g/mol. The first kappa shape index (κ1) is 25.3. The molecule has 3 aromatic rings. The molecule has 37 heavy (non-hydrogen) atoms. The first-order chi connectivity index (χ1) is 18.0. The van der Waals surface area contributed by atoms with Crippen molar-refractivity contribution in [1.29, 1.82) is 10.8 Å². The van der Waals surface area contributed by atoms with E-state index in [1.54, 1.807) is 0 Å². The highest BCUT2D eigenvalue weighted by molar-refractivity contribution is 6.02. The van der Waals surface area contributed by atoms with Gasteiger partial charge in [0.2, 0.25) is 0 Å². The highest BCUT2D eigenvalue weighted by Crippen LogP contribution is 2.35. The molecule has 194 valence electrons. The van der Waals surface area contributed by atoms with Crippen LogP contribution in [0.1, 0.15) is 86.5 Å². The molecular formula is C32H40N4O. The van der Waals surface area contributed by atoms with Gasteiger partial charge in [-0.05, 0) is 60.1 Å². The summed E-state index contributed by atoms with van der Waals surface area (Å²) in [5.74, 6) is 2.89. The van der Waals surface area contributed by atoms with E-state index in [4.69, 9.17) is 26.7 Å². The van der Waals surface area contributed by atoms with Crippen molar-refractivity contribution in [2.45, 2.75) is 77.0 Å². The molecule has 0 saturated heterocycles. The lowest BCUT2D eigenvalue weighted by Gasteiger charge is -2.22. The van der Waals surface area contributed by atoms with E-state index in [9.17, 15) is 0 Å². The Balaban J connectivity index is 1.40. The molecule has 1 aromatic heterocycles. The summed E-state index contributed by atoms with van der Waals surface area (Å²) >= 11 is 0. The van der Waals surface area contributed by atoms with Gasteiger partial charge in [-0.2, -0.15) is 0 Å². The molecule has 0 spiro atoms. The smallest absolute Gasteiger partial charge is 0.135 e. The van der Waals surface area contributed by atoms with Crippen molar-refractivity contribution in [3.05, 3.63) is 70.8 Å². The van der Waals surface area contributed by atoms with Gasteiger partial charge in [-0.1, -0.05) is 88.5 Å². The number of hydrogen-bond donors (Lipinski definition) is 4. The number of hydrogen-bond acceptors (Lipinski definition) is 3. The summed E-state index contributed by atoms with van der Waals surface area (Å²) in [6.45, 7) is 0. The number of nitrogen functional groups attached to an aromatic ring is 2. The molecule has 2 aliphatic rings. The quantitative estimate of drug-likeness (QED) is 0.192. The van der Waals surface area contributed by atoms with Crippen molar-refractivity contribution in [2.75, 3.05) is 0 Å². The van der Waals surface area contributed by atoms with Gasteiger partial charge < -0.3 is 15.9 Å². The van der Waals surface area contributed by atoms with Gasteiger partial charge in [-0.3, -0.25) is 10.8 Å². The standard InChI is InChI=1S/C32H40N4O/c33-31(34)27-19-23(17-21-7-3-1-4-8-21)11-13-25(27)29-15-16-30(37-29)26-14-12-24(20-28(26)32(35)36)18-22-9-5-2-6-10-22/h11-16,19-22H,1-10,17-18H2,(H3,33,34)(H3,35,36). The van der Waals surface area contributed by atoms with E-state index in [0.717, 1.165) is 35.8 Å². The molecule has 2 aromatic carbocycles. The molecule has 2 aliphatic carbocycles. The Bertz CT molecular complexity index is 1170. The molecule has 5 rings (SSSR count). The number of benzene rings is 2. The van der Waals surface area contributed by atoms with Crippen molar-refractivity contribution in [3.8, 4) is 22.6 Å². The maximum absolute atomic E-state index is 8.22. The van der Waals surface area contributed by atoms with Crippen LogP contribution in [0.5, 0.6) is 0 Å². The highest BCUT2D eigenvalue weighted by atomic mass is 16.3. The fourth-order valence-electron chi connectivity index (χ4n) is 6.39. The maximum Gasteiger partial charge on any atom is 0.135 e. The molecule has 5 nitrogen and oxygen atoms in total. The second kappa shape index (κ2) is 11.4. The van der Waals surface area contributed by atoms with Crippen LogP contribution in [0.2, 0.25) is 0 Å². The Morgan fingerprint density at radius 2 is 1.03 bits per heavy atom. The molecule has 2 saturated carbocycles. The van der Waals surface area contributed by atoms with Crippen LogP contribution in [0.25, 0.3) is 22.6 Å². The second-order valence-electron chi connectivity index (χ2n) is 11.2. The molecule has 2 fully saturated rings. The SMILES string of the molecule is N=C(N)c1cc(CC2CCCCC2)ccc1-c1ccc(-c2ccc(CC3CCCCC3)cc2C(=N)N)o1. The van der Waals surface area contributed by atoms with Gasteiger partial charge in [0.1, 0.15) is 23.2 Å². The van der Waals surface area contributed by atoms with Crippen molar-refractivity contribution in [3.63, 3.8) is 0 Å². The van der Waals surface area contributed by atoms with E-state index in [0.29, 0.717) is 22.6 Å². The molecule has 0 bridgehead atoms. The Hall–Kier alpha value is -3.34. The highest BCUT2D eigenvalue weighted by Gasteiger charge is 2.20. The largest absolute Gasteiger partial charge is 0.456 e. The Labute approximate surface area is 220 Å². The fourth-order valence-corrected chi connectivity index (χ4v) is 6.39. The second-order valence-corrected chi connectivity index (χ2v) is 11.2. The van der Waals surface area contributed by atoms with Crippen LogP contribution in [-0.2, 0) is 12.8 Å². The molecule has 6 N–H and O–H groups in total. The minimum atomic E-state index is 0.0509. The van der Waals surface area contributed by atoms with Gasteiger partial charge >= 0.3 is 0 Å². The molecule has 0 radical (unpaired) electrons. The molecule has 1 heterocycles. The molecule has 5 heteroatoms. The summed E-state index contributed by atoms with van der Waals surface area (Å²) in [6, 6.07) is 16.4. The Morgan fingerprint density at radius 3 is 1.41 bits per heavy atom. The maximum atomic E-state index is 8.22. The molecule has 0 aliphatic heterocycles. The first-order valence-electron chi connectivity index (χ1n) is 14.0. The predicted molar refractivity (Wildman–Crippen MR) is 152 cm³/mol. The van der Waals surface area contributed by atoms with Crippen LogP contribution in [0.3, 0.4) is 0 Å². The monoisotopic (exact) mass is 496 g/mol. The number of nitrogens with two attached hydrogens (primary N) is 2. The minimum absolute atomic E-state index is 0.0509. The lowest BCUT2D eigenvalue weighted by Crippen LogP contribution is -2.14. The summed E-state index contributed by atoms with van der Waals surface area (Å²) in [5, 5.41) is 16.4. The summed E-state index contributed by atoms with van der Waals surface area (Å²) in [6.07, 6.45) is 15.2. The third kappa shape index (κ3) is 5.98. The van der Waals surface area contributed by atoms with Crippen LogP contribution >= 0.6 is 0 Å².